The van der Waals surface area contributed by atoms with E-state index in [1.807, 2.05) is 0 Å². The van der Waals surface area contributed by atoms with Crippen LogP contribution in [0.2, 0.25) is 0 Å². The van der Waals surface area contributed by atoms with Gasteiger partial charge in [-0.2, -0.15) is 0 Å². The first-order valence-electron chi connectivity index (χ1n) is 5.75. The number of ether oxygens (including phenoxy) is 1. The van der Waals surface area contributed by atoms with Crippen LogP contribution in [0.3, 0.4) is 0 Å². The molecule has 100 valence electrons. The Bertz CT molecular complexity index is 290. The van der Waals surface area contributed by atoms with E-state index in [9.17, 15) is 13.6 Å². The molecule has 6 heteroatoms. The highest BCUT2D eigenvalue weighted by atomic mass is 19.3. The molecule has 0 radical (unpaired) electrons. The second-order valence-electron chi connectivity index (χ2n) is 5.44. The van der Waals surface area contributed by atoms with Gasteiger partial charge in [0.1, 0.15) is 11.6 Å². The monoisotopic (exact) mass is 250 g/mol. The highest BCUT2D eigenvalue weighted by molar-refractivity contribution is 5.68. The smallest absolute Gasteiger partial charge is 0.408 e. The fraction of sp³-hybridized carbons (Fsp3) is 0.909. The molecule has 1 fully saturated rings. The van der Waals surface area contributed by atoms with E-state index in [4.69, 9.17) is 10.5 Å². The molecular weight excluding hydrogens is 230 g/mol. The highest BCUT2D eigenvalue weighted by Gasteiger charge is 2.47. The number of halogens is 2. The Hall–Kier alpha value is -0.910. The summed E-state index contributed by atoms with van der Waals surface area (Å²) in [5, 5.41) is 2.18. The normalized spacial score (nSPS) is 28.6. The van der Waals surface area contributed by atoms with Crippen molar-refractivity contribution in [2.24, 2.45) is 5.73 Å². The summed E-state index contributed by atoms with van der Waals surface area (Å²) in [6.07, 6.45) is -0.239. The number of carbonyl (C=O) groups is 1. The van der Waals surface area contributed by atoms with Crippen LogP contribution in [0, 0.1) is 0 Å². The van der Waals surface area contributed by atoms with Gasteiger partial charge in [-0.3, -0.25) is 0 Å². The first-order chi connectivity index (χ1) is 7.62. The van der Waals surface area contributed by atoms with E-state index in [0.29, 0.717) is 12.8 Å². The lowest BCUT2D eigenvalue weighted by atomic mass is 9.87. The Morgan fingerprint density at radius 2 is 2.06 bits per heavy atom. The molecule has 2 atom stereocenters. The quantitative estimate of drug-likeness (QED) is 0.748. The van der Waals surface area contributed by atoms with E-state index in [1.54, 1.807) is 20.8 Å². The zero-order valence-electron chi connectivity index (χ0n) is 10.4. The average molecular weight is 250 g/mol. The van der Waals surface area contributed by atoms with Crippen molar-refractivity contribution in [2.45, 2.75) is 63.6 Å². The second kappa shape index (κ2) is 4.76. The van der Waals surface area contributed by atoms with Gasteiger partial charge in [-0.25, -0.2) is 13.6 Å². The number of nitrogens with one attached hydrogen (secondary N) is 1. The molecule has 1 aliphatic rings. The summed E-state index contributed by atoms with van der Waals surface area (Å²) in [5.74, 6) is -2.96. The van der Waals surface area contributed by atoms with Gasteiger partial charge in [0.05, 0.1) is 0 Å². The Labute approximate surface area is 99.9 Å². The van der Waals surface area contributed by atoms with Gasteiger partial charge in [-0.1, -0.05) is 0 Å². The van der Waals surface area contributed by atoms with Crippen LogP contribution >= 0.6 is 0 Å². The third kappa shape index (κ3) is 4.11. The first kappa shape index (κ1) is 14.2. The molecule has 0 aromatic carbocycles. The topological polar surface area (TPSA) is 64.3 Å². The summed E-state index contributed by atoms with van der Waals surface area (Å²) < 4.78 is 32.1. The molecule has 0 aliphatic heterocycles. The fourth-order valence-corrected chi connectivity index (χ4v) is 1.86. The lowest BCUT2D eigenvalue weighted by Gasteiger charge is -2.36. The molecular formula is C11H20F2N2O2. The molecule has 0 saturated heterocycles. The Morgan fingerprint density at radius 3 is 2.53 bits per heavy atom. The Kier molecular flexibility index (Phi) is 3.96. The van der Waals surface area contributed by atoms with Gasteiger partial charge in [-0.15, -0.1) is 0 Å². The minimum absolute atomic E-state index is 0.249. The van der Waals surface area contributed by atoms with Crippen LogP contribution in [0.25, 0.3) is 0 Å². The molecule has 1 aliphatic carbocycles. The van der Waals surface area contributed by atoms with Crippen LogP contribution in [-0.2, 0) is 4.74 Å². The molecule has 0 heterocycles. The van der Waals surface area contributed by atoms with E-state index in [-0.39, 0.29) is 6.42 Å². The zero-order valence-corrected chi connectivity index (χ0v) is 10.4. The summed E-state index contributed by atoms with van der Waals surface area (Å²) in [4.78, 5) is 11.4. The average Bonchev–Trinajstić information content (AvgIpc) is 2.08. The lowest BCUT2D eigenvalue weighted by molar-refractivity contribution is -0.0715. The number of alkyl halides is 2. The van der Waals surface area contributed by atoms with Crippen LogP contribution < -0.4 is 11.1 Å². The van der Waals surface area contributed by atoms with E-state index in [2.05, 4.69) is 5.32 Å². The largest absolute Gasteiger partial charge is 0.444 e. The third-order valence-corrected chi connectivity index (χ3v) is 2.60. The van der Waals surface area contributed by atoms with Crippen molar-refractivity contribution in [3.8, 4) is 0 Å². The molecule has 1 amide bonds. The van der Waals surface area contributed by atoms with Gasteiger partial charge in [0.2, 0.25) is 0 Å². The van der Waals surface area contributed by atoms with Gasteiger partial charge >= 0.3 is 6.09 Å². The van der Waals surface area contributed by atoms with E-state index in [1.165, 1.54) is 0 Å². The maximum atomic E-state index is 13.6. The van der Waals surface area contributed by atoms with Crippen LogP contribution in [0.5, 0.6) is 0 Å². The summed E-state index contributed by atoms with van der Waals surface area (Å²) in [7, 11) is 0. The number of alkyl carbamates (subject to hydrolysis) is 1. The summed E-state index contributed by atoms with van der Waals surface area (Å²) >= 11 is 0. The van der Waals surface area contributed by atoms with Crippen LogP contribution in [0.4, 0.5) is 13.6 Å². The molecule has 17 heavy (non-hydrogen) atoms. The molecule has 0 spiro atoms. The van der Waals surface area contributed by atoms with Crippen LogP contribution in [0.1, 0.15) is 40.0 Å². The minimum Gasteiger partial charge on any atom is -0.444 e. The predicted molar refractivity (Wildman–Crippen MR) is 59.9 cm³/mol. The molecule has 0 aromatic rings. The summed E-state index contributed by atoms with van der Waals surface area (Å²) in [6.45, 7) is 5.02. The second-order valence-corrected chi connectivity index (χ2v) is 5.44. The van der Waals surface area contributed by atoms with E-state index >= 15 is 0 Å². The molecule has 0 bridgehead atoms. The number of carbonyl (C=O) groups excluding carboxylic acids is 1. The Balaban J connectivity index is 2.62. The number of amides is 1. The third-order valence-electron chi connectivity index (χ3n) is 2.60. The minimum atomic E-state index is -2.96. The highest BCUT2D eigenvalue weighted by Crippen LogP contribution is 2.33. The van der Waals surface area contributed by atoms with Crippen molar-refractivity contribution in [3.05, 3.63) is 0 Å². The van der Waals surface area contributed by atoms with Crippen LogP contribution in [-0.4, -0.2) is 29.7 Å². The van der Waals surface area contributed by atoms with Crippen molar-refractivity contribution in [2.75, 3.05) is 0 Å². The standard InChI is InChI=1S/C11H20F2N2O2/c1-10(2,3)17-9(16)15-8-7(14)5-4-6-11(8,12)13/h7-8H,4-6,14H2,1-3H3,(H,15,16)/t7-,8-/m1/s1. The van der Waals surface area contributed by atoms with Gasteiger partial charge < -0.3 is 15.8 Å². The first-order valence-corrected chi connectivity index (χ1v) is 5.75. The van der Waals surface area contributed by atoms with E-state index in [0.717, 1.165) is 0 Å². The van der Waals surface area contributed by atoms with Crippen molar-refractivity contribution in [3.63, 3.8) is 0 Å². The van der Waals surface area contributed by atoms with Crippen molar-refractivity contribution in [1.82, 2.24) is 5.32 Å². The SMILES string of the molecule is CC(C)(C)OC(=O)N[C@@H]1[C@H](N)CCCC1(F)F. The number of hydrogen-bond acceptors (Lipinski definition) is 3. The maximum absolute atomic E-state index is 13.6. The lowest BCUT2D eigenvalue weighted by Crippen LogP contribution is -2.60. The van der Waals surface area contributed by atoms with Gasteiger partial charge in [0.25, 0.3) is 5.92 Å². The molecule has 1 saturated carbocycles. The summed E-state index contributed by atoms with van der Waals surface area (Å²) in [6, 6.07) is -2.07. The Morgan fingerprint density at radius 1 is 1.47 bits per heavy atom. The van der Waals surface area contributed by atoms with Gasteiger partial charge in [0, 0.05) is 12.5 Å². The van der Waals surface area contributed by atoms with Crippen molar-refractivity contribution >= 4 is 6.09 Å². The fourth-order valence-electron chi connectivity index (χ4n) is 1.86. The number of hydrogen-bond donors (Lipinski definition) is 2. The molecule has 1 rings (SSSR count). The summed E-state index contributed by atoms with van der Waals surface area (Å²) in [5.41, 5.74) is 4.91. The predicted octanol–water partition coefficient (Wildman–Crippen LogP) is 2.03. The van der Waals surface area contributed by atoms with Gasteiger partial charge in [-0.05, 0) is 33.6 Å². The zero-order chi connectivity index (χ0) is 13.3. The van der Waals surface area contributed by atoms with Gasteiger partial charge in [0.15, 0.2) is 0 Å². The number of nitrogens with two attached hydrogens (primary N) is 1. The maximum Gasteiger partial charge on any atom is 0.408 e. The van der Waals surface area contributed by atoms with E-state index < -0.39 is 29.7 Å². The van der Waals surface area contributed by atoms with Crippen molar-refractivity contribution in [1.29, 1.82) is 0 Å². The molecule has 0 unspecified atom stereocenters. The van der Waals surface area contributed by atoms with Crippen molar-refractivity contribution < 1.29 is 18.3 Å². The molecule has 3 N–H and O–H groups in total. The number of rotatable bonds is 1. The van der Waals surface area contributed by atoms with Crippen LogP contribution in [0.15, 0.2) is 0 Å². The molecule has 4 nitrogen and oxygen atoms in total. The molecule has 0 aromatic heterocycles.